The Morgan fingerprint density at radius 1 is 0.962 bits per heavy atom. The summed E-state index contributed by atoms with van der Waals surface area (Å²) in [6.07, 6.45) is 0.875. The summed E-state index contributed by atoms with van der Waals surface area (Å²) in [6, 6.07) is 14.0. The number of para-hydroxylation sites is 2. The van der Waals surface area contributed by atoms with Crippen LogP contribution in [-0.4, -0.2) is 31.6 Å². The summed E-state index contributed by atoms with van der Waals surface area (Å²) in [5, 5.41) is 5.35. The third-order valence-electron chi connectivity index (χ3n) is 3.46. The molecule has 0 aliphatic rings. The van der Waals surface area contributed by atoms with Crippen LogP contribution in [0.15, 0.2) is 48.5 Å². The average molecular weight is 356 g/mol. The number of carbonyl (C=O) groups is 2. The van der Waals surface area contributed by atoms with Crippen LogP contribution < -0.4 is 20.1 Å². The lowest BCUT2D eigenvalue weighted by Gasteiger charge is -2.12. The van der Waals surface area contributed by atoms with Crippen molar-refractivity contribution in [1.82, 2.24) is 5.32 Å². The van der Waals surface area contributed by atoms with E-state index in [-0.39, 0.29) is 18.4 Å². The summed E-state index contributed by atoms with van der Waals surface area (Å²) in [7, 11) is 0. The van der Waals surface area contributed by atoms with Crippen molar-refractivity contribution in [2.75, 3.05) is 25.1 Å². The van der Waals surface area contributed by atoms with Crippen molar-refractivity contribution in [2.24, 2.45) is 0 Å². The van der Waals surface area contributed by atoms with Crippen molar-refractivity contribution in [3.8, 4) is 11.5 Å². The van der Waals surface area contributed by atoms with Gasteiger partial charge in [0.25, 0.3) is 5.91 Å². The molecule has 2 rings (SSSR count). The molecule has 0 saturated carbocycles. The monoisotopic (exact) mass is 356 g/mol. The van der Waals surface area contributed by atoms with Crippen LogP contribution in [0.4, 0.5) is 5.69 Å². The van der Waals surface area contributed by atoms with E-state index < -0.39 is 0 Å². The first-order valence-corrected chi connectivity index (χ1v) is 8.66. The van der Waals surface area contributed by atoms with E-state index in [2.05, 4.69) is 10.6 Å². The molecule has 2 amide bonds. The lowest BCUT2D eigenvalue weighted by atomic mass is 10.2. The van der Waals surface area contributed by atoms with Gasteiger partial charge in [-0.05, 0) is 49.7 Å². The topological polar surface area (TPSA) is 76.7 Å². The number of nitrogens with one attached hydrogen (secondary N) is 2. The van der Waals surface area contributed by atoms with Crippen molar-refractivity contribution in [3.05, 3.63) is 54.1 Å². The van der Waals surface area contributed by atoms with E-state index in [1.54, 1.807) is 36.4 Å². The van der Waals surface area contributed by atoms with E-state index >= 15 is 0 Å². The summed E-state index contributed by atoms with van der Waals surface area (Å²) in [6.45, 7) is 4.91. The molecule has 2 N–H and O–H groups in total. The van der Waals surface area contributed by atoms with Gasteiger partial charge < -0.3 is 20.1 Å². The molecule has 2 aromatic rings. The number of carbonyl (C=O) groups excluding carboxylic acids is 2. The molecule has 0 unspecified atom stereocenters. The molecule has 0 aliphatic carbocycles. The Morgan fingerprint density at radius 2 is 1.69 bits per heavy atom. The van der Waals surface area contributed by atoms with Crippen molar-refractivity contribution in [1.29, 1.82) is 0 Å². The first-order valence-electron chi connectivity index (χ1n) is 8.66. The standard InChI is InChI=1S/C20H24N2O4/c1-3-13-26-18-8-6-5-7-17(18)22-19(23)14-21-20(24)15-9-11-16(12-10-15)25-4-2/h5-12H,3-4,13-14H2,1-2H3,(H,21,24)(H,22,23). The summed E-state index contributed by atoms with van der Waals surface area (Å²) in [4.78, 5) is 24.2. The van der Waals surface area contributed by atoms with Crippen molar-refractivity contribution >= 4 is 17.5 Å². The molecule has 26 heavy (non-hydrogen) atoms. The normalized spacial score (nSPS) is 10.1. The maximum Gasteiger partial charge on any atom is 0.251 e. The average Bonchev–Trinajstić information content (AvgIpc) is 2.66. The van der Waals surface area contributed by atoms with Crippen LogP contribution in [-0.2, 0) is 4.79 Å². The van der Waals surface area contributed by atoms with Gasteiger partial charge in [-0.1, -0.05) is 19.1 Å². The second-order valence-corrected chi connectivity index (χ2v) is 5.53. The number of hydrogen-bond acceptors (Lipinski definition) is 4. The molecule has 0 atom stereocenters. The summed E-state index contributed by atoms with van der Waals surface area (Å²) in [5.74, 6) is 0.668. The number of rotatable bonds is 9. The highest BCUT2D eigenvalue weighted by Crippen LogP contribution is 2.23. The molecule has 0 aliphatic heterocycles. The fourth-order valence-corrected chi connectivity index (χ4v) is 2.23. The maximum absolute atomic E-state index is 12.1. The van der Waals surface area contributed by atoms with Gasteiger partial charge in [0.2, 0.25) is 5.91 Å². The molecule has 0 spiro atoms. The molecule has 0 saturated heterocycles. The fraction of sp³-hybridized carbons (Fsp3) is 0.300. The van der Waals surface area contributed by atoms with E-state index in [1.807, 2.05) is 26.0 Å². The van der Waals surface area contributed by atoms with E-state index in [0.717, 1.165) is 6.42 Å². The fourth-order valence-electron chi connectivity index (χ4n) is 2.23. The van der Waals surface area contributed by atoms with E-state index in [4.69, 9.17) is 9.47 Å². The zero-order valence-electron chi connectivity index (χ0n) is 15.1. The second-order valence-electron chi connectivity index (χ2n) is 5.53. The largest absolute Gasteiger partial charge is 0.494 e. The minimum Gasteiger partial charge on any atom is -0.494 e. The molecule has 138 valence electrons. The molecule has 0 fully saturated rings. The van der Waals surface area contributed by atoms with Gasteiger partial charge in [0.05, 0.1) is 25.4 Å². The Kier molecular flexibility index (Phi) is 7.49. The first-order chi connectivity index (χ1) is 12.6. The van der Waals surface area contributed by atoms with Crippen LogP contribution in [0.5, 0.6) is 11.5 Å². The van der Waals surface area contributed by atoms with Gasteiger partial charge in [0, 0.05) is 5.56 Å². The molecule has 6 nitrogen and oxygen atoms in total. The van der Waals surface area contributed by atoms with Gasteiger partial charge in [-0.25, -0.2) is 0 Å². The van der Waals surface area contributed by atoms with E-state index in [1.165, 1.54) is 0 Å². The van der Waals surface area contributed by atoms with Crippen LogP contribution in [0.25, 0.3) is 0 Å². The number of anilines is 1. The van der Waals surface area contributed by atoms with Gasteiger partial charge in [-0.3, -0.25) is 9.59 Å². The summed E-state index contributed by atoms with van der Waals surface area (Å²) >= 11 is 0. The second kappa shape index (κ2) is 10.1. The Morgan fingerprint density at radius 3 is 2.38 bits per heavy atom. The predicted molar refractivity (Wildman–Crippen MR) is 101 cm³/mol. The highest BCUT2D eigenvalue weighted by Gasteiger charge is 2.10. The summed E-state index contributed by atoms with van der Waals surface area (Å²) < 4.78 is 10.9. The van der Waals surface area contributed by atoms with Crippen LogP contribution >= 0.6 is 0 Å². The molecular formula is C20H24N2O4. The highest BCUT2D eigenvalue weighted by molar-refractivity contribution is 5.99. The lowest BCUT2D eigenvalue weighted by molar-refractivity contribution is -0.115. The predicted octanol–water partition coefficient (Wildman–Crippen LogP) is 3.24. The molecule has 6 heteroatoms. The zero-order chi connectivity index (χ0) is 18.8. The minimum atomic E-state index is -0.322. The molecule has 0 heterocycles. The van der Waals surface area contributed by atoms with Gasteiger partial charge in [0.1, 0.15) is 11.5 Å². The number of amides is 2. The Labute approximate surface area is 153 Å². The quantitative estimate of drug-likeness (QED) is 0.723. The third-order valence-corrected chi connectivity index (χ3v) is 3.46. The molecule has 0 radical (unpaired) electrons. The molecule has 0 aromatic heterocycles. The first kappa shape index (κ1) is 19.3. The van der Waals surface area contributed by atoms with Gasteiger partial charge in [0.15, 0.2) is 0 Å². The van der Waals surface area contributed by atoms with Gasteiger partial charge >= 0.3 is 0 Å². The van der Waals surface area contributed by atoms with Gasteiger partial charge in [-0.2, -0.15) is 0 Å². The van der Waals surface area contributed by atoms with E-state index in [0.29, 0.717) is 36.0 Å². The lowest BCUT2D eigenvalue weighted by Crippen LogP contribution is -2.32. The Balaban J connectivity index is 1.87. The Bertz CT molecular complexity index is 729. The third kappa shape index (κ3) is 5.81. The highest BCUT2D eigenvalue weighted by atomic mass is 16.5. The number of benzene rings is 2. The van der Waals surface area contributed by atoms with Crippen molar-refractivity contribution in [2.45, 2.75) is 20.3 Å². The minimum absolute atomic E-state index is 0.131. The van der Waals surface area contributed by atoms with Crippen molar-refractivity contribution in [3.63, 3.8) is 0 Å². The van der Waals surface area contributed by atoms with Crippen LogP contribution in [0.1, 0.15) is 30.6 Å². The molecule has 2 aromatic carbocycles. The van der Waals surface area contributed by atoms with E-state index in [9.17, 15) is 9.59 Å². The zero-order valence-corrected chi connectivity index (χ0v) is 15.1. The number of ether oxygens (including phenoxy) is 2. The van der Waals surface area contributed by atoms with Crippen molar-refractivity contribution < 1.29 is 19.1 Å². The summed E-state index contributed by atoms with van der Waals surface area (Å²) in [5.41, 5.74) is 1.05. The van der Waals surface area contributed by atoms with Crippen LogP contribution in [0, 0.1) is 0 Å². The molecular weight excluding hydrogens is 332 g/mol. The SMILES string of the molecule is CCCOc1ccccc1NC(=O)CNC(=O)c1ccc(OCC)cc1. The van der Waals surface area contributed by atoms with Crippen LogP contribution in [0.2, 0.25) is 0 Å². The molecule has 0 bridgehead atoms. The smallest absolute Gasteiger partial charge is 0.251 e. The number of hydrogen-bond donors (Lipinski definition) is 2. The maximum atomic E-state index is 12.1. The van der Waals surface area contributed by atoms with Crippen LogP contribution in [0.3, 0.4) is 0 Å². The van der Waals surface area contributed by atoms with Gasteiger partial charge in [-0.15, -0.1) is 0 Å². The Hall–Kier alpha value is -3.02.